The first-order valence-electron chi connectivity index (χ1n) is 11.9. The van der Waals surface area contributed by atoms with Crippen LogP contribution in [0.3, 0.4) is 0 Å². The maximum atomic E-state index is 12.4. The zero-order chi connectivity index (χ0) is 26.4. The van der Waals surface area contributed by atoms with E-state index in [0.29, 0.717) is 18.8 Å². The summed E-state index contributed by atoms with van der Waals surface area (Å²) in [7, 11) is -3.85. The molecule has 0 saturated carbocycles. The average molecular weight is 524 g/mol. The SMILES string of the molecule is CC(NS(=O)(=O)N1CCN(c2ccc(C#Cc3ccc4cc(OCCO)ccc4c3)cc2)CC1)C(=O)O. The van der Waals surface area contributed by atoms with E-state index in [0.717, 1.165) is 27.6 Å². The normalized spacial score (nSPS) is 15.1. The van der Waals surface area contributed by atoms with Crippen LogP contribution >= 0.6 is 0 Å². The van der Waals surface area contributed by atoms with Gasteiger partial charge in [0.05, 0.1) is 6.61 Å². The van der Waals surface area contributed by atoms with Crippen LogP contribution in [0, 0.1) is 11.8 Å². The average Bonchev–Trinajstić information content (AvgIpc) is 2.90. The first-order chi connectivity index (χ1) is 17.7. The van der Waals surface area contributed by atoms with E-state index < -0.39 is 22.2 Å². The van der Waals surface area contributed by atoms with E-state index in [-0.39, 0.29) is 26.3 Å². The molecule has 37 heavy (non-hydrogen) atoms. The van der Waals surface area contributed by atoms with Gasteiger partial charge in [-0.3, -0.25) is 4.79 Å². The van der Waals surface area contributed by atoms with Crippen LogP contribution in [0.4, 0.5) is 5.69 Å². The lowest BCUT2D eigenvalue weighted by Gasteiger charge is -2.35. The molecular formula is C27H29N3O6S. The third-order valence-electron chi connectivity index (χ3n) is 6.03. The van der Waals surface area contributed by atoms with Crippen LogP contribution in [0.25, 0.3) is 10.8 Å². The summed E-state index contributed by atoms with van der Waals surface area (Å²) in [4.78, 5) is 13.1. The van der Waals surface area contributed by atoms with Crippen LogP contribution < -0.4 is 14.4 Å². The van der Waals surface area contributed by atoms with Crippen molar-refractivity contribution in [2.75, 3.05) is 44.3 Å². The number of hydrogen-bond donors (Lipinski definition) is 3. The highest BCUT2D eigenvalue weighted by atomic mass is 32.2. The highest BCUT2D eigenvalue weighted by molar-refractivity contribution is 7.87. The fourth-order valence-electron chi connectivity index (χ4n) is 3.99. The summed E-state index contributed by atoms with van der Waals surface area (Å²) in [5, 5.41) is 19.9. The molecule has 3 aromatic carbocycles. The molecular weight excluding hydrogens is 494 g/mol. The van der Waals surface area contributed by atoms with Gasteiger partial charge in [-0.2, -0.15) is 17.4 Å². The van der Waals surface area contributed by atoms with Gasteiger partial charge in [0.2, 0.25) is 0 Å². The molecule has 9 nitrogen and oxygen atoms in total. The molecule has 4 rings (SSSR count). The molecule has 0 spiro atoms. The number of rotatable bonds is 8. The Morgan fingerprint density at radius 2 is 1.59 bits per heavy atom. The lowest BCUT2D eigenvalue weighted by Crippen LogP contribution is -2.54. The Kier molecular flexibility index (Phi) is 8.31. The number of carboxylic acid groups (broad SMARTS) is 1. The van der Waals surface area contributed by atoms with E-state index in [1.54, 1.807) is 0 Å². The van der Waals surface area contributed by atoms with Crippen LogP contribution in [0.5, 0.6) is 5.75 Å². The first kappa shape index (κ1) is 26.4. The summed E-state index contributed by atoms with van der Waals surface area (Å²) in [6.45, 7) is 3.06. The number of carboxylic acids is 1. The van der Waals surface area contributed by atoms with E-state index in [1.807, 2.05) is 60.7 Å². The molecule has 1 heterocycles. The largest absolute Gasteiger partial charge is 0.491 e. The molecule has 0 aliphatic carbocycles. The lowest BCUT2D eigenvalue weighted by molar-refractivity contribution is -0.138. The Labute approximate surface area is 216 Å². The molecule has 1 aliphatic rings. The zero-order valence-corrected chi connectivity index (χ0v) is 21.2. The molecule has 3 aromatic rings. The number of aliphatic hydroxyl groups is 1. The van der Waals surface area contributed by atoms with Crippen LogP contribution in [0.2, 0.25) is 0 Å². The minimum absolute atomic E-state index is 0.0260. The highest BCUT2D eigenvalue weighted by Crippen LogP contribution is 2.22. The highest BCUT2D eigenvalue weighted by Gasteiger charge is 2.29. The maximum absolute atomic E-state index is 12.4. The summed E-state index contributed by atoms with van der Waals surface area (Å²) in [6, 6.07) is 18.4. The summed E-state index contributed by atoms with van der Waals surface area (Å²) in [5.41, 5.74) is 2.73. The summed E-state index contributed by atoms with van der Waals surface area (Å²) >= 11 is 0. The van der Waals surface area contributed by atoms with Crippen molar-refractivity contribution in [2.45, 2.75) is 13.0 Å². The molecule has 0 radical (unpaired) electrons. The van der Waals surface area contributed by atoms with Crippen molar-refractivity contribution in [1.82, 2.24) is 9.03 Å². The van der Waals surface area contributed by atoms with Crippen molar-refractivity contribution in [1.29, 1.82) is 0 Å². The van der Waals surface area contributed by atoms with Crippen molar-refractivity contribution in [2.24, 2.45) is 0 Å². The molecule has 0 amide bonds. The summed E-state index contributed by atoms with van der Waals surface area (Å²) < 4.78 is 33.7. The third kappa shape index (κ3) is 6.78. The molecule has 0 bridgehead atoms. The quantitative estimate of drug-likeness (QED) is 0.387. The van der Waals surface area contributed by atoms with E-state index in [9.17, 15) is 13.2 Å². The predicted octanol–water partition coefficient (Wildman–Crippen LogP) is 2.04. The summed E-state index contributed by atoms with van der Waals surface area (Å²) in [5.74, 6) is 5.88. The van der Waals surface area contributed by atoms with Crippen molar-refractivity contribution in [3.8, 4) is 17.6 Å². The number of ether oxygens (including phenoxy) is 1. The van der Waals surface area contributed by atoms with Crippen LogP contribution in [-0.4, -0.2) is 74.3 Å². The van der Waals surface area contributed by atoms with Gasteiger partial charge in [-0.25, -0.2) is 0 Å². The third-order valence-corrected chi connectivity index (χ3v) is 7.73. The monoisotopic (exact) mass is 523 g/mol. The van der Waals surface area contributed by atoms with Gasteiger partial charge in [-0.1, -0.05) is 24.0 Å². The lowest BCUT2D eigenvalue weighted by atomic mass is 10.1. The number of benzene rings is 3. The van der Waals surface area contributed by atoms with Crippen molar-refractivity contribution >= 4 is 32.6 Å². The van der Waals surface area contributed by atoms with E-state index in [2.05, 4.69) is 21.5 Å². The Bertz CT molecular complexity index is 1420. The van der Waals surface area contributed by atoms with Gasteiger partial charge in [0.25, 0.3) is 10.2 Å². The van der Waals surface area contributed by atoms with Crippen molar-refractivity contribution < 1.29 is 28.2 Å². The molecule has 1 aliphatic heterocycles. The zero-order valence-electron chi connectivity index (χ0n) is 20.4. The number of piperazine rings is 1. The van der Waals surface area contributed by atoms with E-state index in [1.165, 1.54) is 11.2 Å². The summed E-state index contributed by atoms with van der Waals surface area (Å²) in [6.07, 6.45) is 0. The van der Waals surface area contributed by atoms with Crippen LogP contribution in [0.1, 0.15) is 18.1 Å². The van der Waals surface area contributed by atoms with E-state index >= 15 is 0 Å². The van der Waals surface area contributed by atoms with Crippen LogP contribution in [0.15, 0.2) is 60.7 Å². The van der Waals surface area contributed by atoms with Gasteiger partial charge in [0.1, 0.15) is 18.4 Å². The number of aliphatic hydroxyl groups excluding tert-OH is 1. The molecule has 0 aromatic heterocycles. The second kappa shape index (κ2) is 11.6. The molecule has 3 N–H and O–H groups in total. The Hall–Kier alpha value is -3.62. The minimum atomic E-state index is -3.85. The van der Waals surface area contributed by atoms with Gasteiger partial charge in [-0.05, 0) is 66.2 Å². The second-order valence-electron chi connectivity index (χ2n) is 8.66. The number of nitrogens with zero attached hydrogens (tertiary/aromatic N) is 2. The predicted molar refractivity (Wildman–Crippen MR) is 142 cm³/mol. The Morgan fingerprint density at radius 3 is 2.27 bits per heavy atom. The molecule has 1 atom stereocenters. The minimum Gasteiger partial charge on any atom is -0.491 e. The first-order valence-corrected chi connectivity index (χ1v) is 13.3. The smallest absolute Gasteiger partial charge is 0.321 e. The van der Waals surface area contributed by atoms with Gasteiger partial charge in [0, 0.05) is 43.0 Å². The van der Waals surface area contributed by atoms with Crippen molar-refractivity contribution in [3.63, 3.8) is 0 Å². The number of anilines is 1. The fourth-order valence-corrected chi connectivity index (χ4v) is 5.33. The Balaban J connectivity index is 1.36. The molecule has 1 unspecified atom stereocenters. The second-order valence-corrected chi connectivity index (χ2v) is 10.4. The standard InChI is InChI=1S/C27H29N3O6S/c1-20(27(32)33)28-37(34,35)30-14-12-29(13-15-30)25-9-5-21(6-10-25)2-3-22-4-7-24-19-26(36-17-16-31)11-8-23(24)18-22/h4-11,18-20,28,31H,12-17H2,1H3,(H,32,33). The molecule has 10 heteroatoms. The van der Waals surface area contributed by atoms with Gasteiger partial charge in [0.15, 0.2) is 0 Å². The number of fused-ring (bicyclic) bond motifs is 1. The topological polar surface area (TPSA) is 119 Å². The van der Waals surface area contributed by atoms with Crippen molar-refractivity contribution in [3.05, 3.63) is 71.8 Å². The fraction of sp³-hybridized carbons (Fsp3) is 0.296. The Morgan fingerprint density at radius 1 is 0.973 bits per heavy atom. The molecule has 1 fully saturated rings. The number of carbonyl (C=O) groups is 1. The molecule has 1 saturated heterocycles. The number of aliphatic carboxylic acids is 1. The maximum Gasteiger partial charge on any atom is 0.321 e. The van der Waals surface area contributed by atoms with Crippen LogP contribution in [-0.2, 0) is 15.0 Å². The van der Waals surface area contributed by atoms with Gasteiger partial charge in [-0.15, -0.1) is 0 Å². The van der Waals surface area contributed by atoms with Gasteiger partial charge >= 0.3 is 5.97 Å². The van der Waals surface area contributed by atoms with E-state index in [4.69, 9.17) is 14.9 Å². The van der Waals surface area contributed by atoms with Gasteiger partial charge < -0.3 is 19.8 Å². The number of nitrogens with one attached hydrogen (secondary N) is 1. The molecule has 194 valence electrons. The number of hydrogen-bond acceptors (Lipinski definition) is 6.